The van der Waals surface area contributed by atoms with Gasteiger partial charge >= 0.3 is 5.91 Å². The molecule has 3 aromatic rings. The number of nitrogens with zero attached hydrogens (tertiary/aromatic N) is 3. The third-order valence-electron chi connectivity index (χ3n) is 9.31. The molecule has 0 N–H and O–H groups in total. The highest BCUT2D eigenvalue weighted by atomic mass is 35.5. The number of piperazine rings is 1. The summed E-state index contributed by atoms with van der Waals surface area (Å²) in [7, 11) is 4.95. The van der Waals surface area contributed by atoms with Gasteiger partial charge in [-0.05, 0) is 82.0 Å². The average Bonchev–Trinajstić information content (AvgIpc) is 3.08. The minimum atomic E-state index is -0.178. The van der Waals surface area contributed by atoms with E-state index in [0.29, 0.717) is 23.9 Å². The van der Waals surface area contributed by atoms with E-state index in [9.17, 15) is 4.79 Å². The molecule has 0 bridgehead atoms. The largest absolute Gasteiger partial charge is 0.493 e. The van der Waals surface area contributed by atoms with Crippen molar-refractivity contribution in [3.63, 3.8) is 0 Å². The van der Waals surface area contributed by atoms with Gasteiger partial charge in [-0.15, -0.1) is 24.8 Å². The van der Waals surface area contributed by atoms with Gasteiger partial charge in [0.25, 0.3) is 0 Å². The lowest BCUT2D eigenvalue weighted by Gasteiger charge is -2.42. The maximum absolute atomic E-state index is 14.0. The third-order valence-corrected chi connectivity index (χ3v) is 11.0. The SMILES string of the molecule is COc1cc(CCN2CCN(CCCCOc3ccccc3[N+]3(C(C)C)Sc4ccccc4C(C)C3=O)CC2)cc(OC)c1OC.Cl.Cl. The fraction of sp³-hybridized carbons (Fsp3) is 0.486. The minimum absolute atomic E-state index is 0. The van der Waals surface area contributed by atoms with Crippen molar-refractivity contribution in [2.24, 2.45) is 0 Å². The molecule has 0 spiro atoms. The first kappa shape index (κ1) is 39.8. The highest BCUT2D eigenvalue weighted by Crippen LogP contribution is 2.52. The summed E-state index contributed by atoms with van der Waals surface area (Å²) < 4.78 is 23.1. The molecule has 1 amide bonds. The molecule has 48 heavy (non-hydrogen) atoms. The maximum Gasteiger partial charge on any atom is 0.338 e. The highest BCUT2D eigenvalue weighted by molar-refractivity contribution is 7.99. The summed E-state index contributed by atoms with van der Waals surface area (Å²) in [6, 6.07) is 20.6. The van der Waals surface area contributed by atoms with Crippen molar-refractivity contribution in [1.29, 1.82) is 0 Å². The summed E-state index contributed by atoms with van der Waals surface area (Å²) in [6.45, 7) is 13.3. The van der Waals surface area contributed by atoms with Crippen LogP contribution >= 0.6 is 36.8 Å². The van der Waals surface area contributed by atoms with Crippen molar-refractivity contribution in [3.05, 3.63) is 71.8 Å². The molecule has 1 fully saturated rings. The summed E-state index contributed by atoms with van der Waals surface area (Å²) in [4.78, 5) is 20.3. The van der Waals surface area contributed by atoms with Gasteiger partial charge in [0, 0.05) is 38.8 Å². The van der Waals surface area contributed by atoms with E-state index in [-0.39, 0.29) is 46.6 Å². The molecule has 2 unspecified atom stereocenters. The number of benzene rings is 3. The molecule has 8 nitrogen and oxygen atoms in total. The van der Waals surface area contributed by atoms with Crippen molar-refractivity contribution >= 4 is 48.4 Å². The van der Waals surface area contributed by atoms with Crippen LogP contribution in [0, 0.1) is 0 Å². The van der Waals surface area contributed by atoms with Crippen LogP contribution in [0.25, 0.3) is 0 Å². The quantitative estimate of drug-likeness (QED) is 0.0957. The molecule has 0 radical (unpaired) electrons. The van der Waals surface area contributed by atoms with Crippen molar-refractivity contribution in [3.8, 4) is 23.0 Å². The lowest BCUT2D eigenvalue weighted by molar-refractivity contribution is -0.128. The zero-order valence-corrected chi connectivity index (χ0v) is 31.6. The second kappa shape index (κ2) is 18.4. The Labute approximate surface area is 303 Å². The van der Waals surface area contributed by atoms with Gasteiger partial charge in [0.05, 0.1) is 38.7 Å². The zero-order valence-electron chi connectivity index (χ0n) is 29.1. The number of carbonyl (C=O) groups excluding carboxylic acids is 1. The Morgan fingerprint density at radius 3 is 2.04 bits per heavy atom. The molecular formula is C37H52Cl2N3O5S+. The average molecular weight is 722 g/mol. The number of para-hydroxylation sites is 2. The molecule has 3 aromatic carbocycles. The summed E-state index contributed by atoms with van der Waals surface area (Å²) in [5, 5.41) is 0. The van der Waals surface area contributed by atoms with Gasteiger partial charge in [-0.1, -0.05) is 30.3 Å². The number of hydrogen-bond donors (Lipinski definition) is 0. The molecule has 2 heterocycles. The number of carbonyl (C=O) groups is 1. The normalized spacial score (nSPS) is 19.6. The van der Waals surface area contributed by atoms with Crippen LogP contribution in [0.15, 0.2) is 65.6 Å². The molecule has 0 aromatic heterocycles. The number of methoxy groups -OCH3 is 3. The van der Waals surface area contributed by atoms with Crippen molar-refractivity contribution in [1.82, 2.24) is 13.7 Å². The molecule has 1 saturated heterocycles. The Bertz CT molecular complexity index is 1460. The van der Waals surface area contributed by atoms with E-state index >= 15 is 0 Å². The van der Waals surface area contributed by atoms with E-state index in [1.54, 1.807) is 33.3 Å². The number of quaternary nitrogens is 1. The Morgan fingerprint density at radius 2 is 1.42 bits per heavy atom. The van der Waals surface area contributed by atoms with Crippen LogP contribution in [0.4, 0.5) is 5.69 Å². The van der Waals surface area contributed by atoms with Crippen LogP contribution in [0.5, 0.6) is 23.0 Å². The van der Waals surface area contributed by atoms with Crippen LogP contribution < -0.4 is 22.8 Å². The number of halogens is 2. The Balaban J connectivity index is 0.00000312. The van der Waals surface area contributed by atoms with E-state index in [2.05, 4.69) is 47.9 Å². The topological polar surface area (TPSA) is 60.5 Å². The Hall–Kier alpha value is -2.66. The van der Waals surface area contributed by atoms with Crippen molar-refractivity contribution in [2.75, 3.05) is 67.2 Å². The molecule has 0 saturated carbocycles. The molecule has 2 aliphatic rings. The van der Waals surface area contributed by atoms with Gasteiger partial charge in [-0.25, -0.2) is 4.79 Å². The second-order valence-electron chi connectivity index (χ2n) is 12.4. The second-order valence-corrected chi connectivity index (χ2v) is 13.6. The van der Waals surface area contributed by atoms with Crippen molar-refractivity contribution in [2.45, 2.75) is 56.9 Å². The van der Waals surface area contributed by atoms with E-state index < -0.39 is 0 Å². The zero-order chi connectivity index (χ0) is 32.7. The number of amides is 1. The molecule has 11 heteroatoms. The number of rotatable bonds is 14. The van der Waals surface area contributed by atoms with E-state index in [1.165, 1.54) is 10.5 Å². The minimum Gasteiger partial charge on any atom is -0.493 e. The molecule has 5 rings (SSSR count). The number of unbranched alkanes of at least 4 members (excludes halogenated alkanes) is 1. The van der Waals surface area contributed by atoms with Crippen LogP contribution in [0.2, 0.25) is 0 Å². The summed E-state index contributed by atoms with van der Waals surface area (Å²) in [5.74, 6) is 2.88. The molecule has 2 aliphatic heterocycles. The van der Waals surface area contributed by atoms with Gasteiger partial charge in [-0.2, -0.15) is 3.89 Å². The molecule has 2 atom stereocenters. The van der Waals surface area contributed by atoms with Gasteiger partial charge in [0.2, 0.25) is 5.75 Å². The first-order chi connectivity index (χ1) is 22.3. The monoisotopic (exact) mass is 720 g/mol. The van der Waals surface area contributed by atoms with Crippen LogP contribution in [0.1, 0.15) is 50.7 Å². The number of fused-ring (bicyclic) bond motifs is 1. The Kier molecular flexibility index (Phi) is 15.2. The predicted molar refractivity (Wildman–Crippen MR) is 201 cm³/mol. The van der Waals surface area contributed by atoms with Crippen LogP contribution in [-0.4, -0.2) is 89.0 Å². The van der Waals surface area contributed by atoms with Gasteiger partial charge in [0.1, 0.15) is 18.0 Å². The first-order valence-electron chi connectivity index (χ1n) is 16.5. The van der Waals surface area contributed by atoms with E-state index in [0.717, 1.165) is 75.5 Å². The molecular weight excluding hydrogens is 669 g/mol. The first-order valence-corrected chi connectivity index (χ1v) is 17.3. The van der Waals surface area contributed by atoms with Gasteiger partial charge in [-0.3, -0.25) is 0 Å². The number of hydrogen-bond acceptors (Lipinski definition) is 8. The van der Waals surface area contributed by atoms with E-state index in [1.807, 2.05) is 43.3 Å². The highest BCUT2D eigenvalue weighted by Gasteiger charge is 2.53. The van der Waals surface area contributed by atoms with Crippen molar-refractivity contribution < 1.29 is 23.7 Å². The predicted octanol–water partition coefficient (Wildman–Crippen LogP) is 7.64. The standard InChI is InChI=1S/C37H50N3O5S.2ClH/c1-27(2)40(37(41)28(3)30-13-7-10-16-35(30)46-40)31-14-8-9-15-32(31)45-24-12-11-18-38-20-22-39(23-21-38)19-17-29-25-33(42-4)36(44-6)34(26-29)43-5;;/h7-10,13-16,25-28H,11-12,17-24H2,1-6H3;2*1H/q+1;;. The smallest absolute Gasteiger partial charge is 0.338 e. The lowest BCUT2D eigenvalue weighted by atomic mass is 9.98. The third kappa shape index (κ3) is 8.55. The van der Waals surface area contributed by atoms with Gasteiger partial charge in [0.15, 0.2) is 22.9 Å². The molecule has 264 valence electrons. The lowest BCUT2D eigenvalue weighted by Crippen LogP contribution is -2.56. The Morgan fingerprint density at radius 1 is 0.812 bits per heavy atom. The van der Waals surface area contributed by atoms with Gasteiger partial charge < -0.3 is 28.7 Å². The molecule has 0 aliphatic carbocycles. The van der Waals surface area contributed by atoms with Crippen LogP contribution in [-0.2, 0) is 11.2 Å². The van der Waals surface area contributed by atoms with E-state index in [4.69, 9.17) is 18.9 Å². The maximum atomic E-state index is 14.0. The fourth-order valence-corrected chi connectivity index (χ4v) is 8.13. The van der Waals surface area contributed by atoms with Crippen LogP contribution in [0.3, 0.4) is 0 Å². The summed E-state index contributed by atoms with van der Waals surface area (Å²) in [5.41, 5.74) is 3.24. The number of ether oxygens (including phenoxy) is 4. The fourth-order valence-electron chi connectivity index (χ4n) is 6.62. The summed E-state index contributed by atoms with van der Waals surface area (Å²) >= 11 is 1.64. The summed E-state index contributed by atoms with van der Waals surface area (Å²) in [6.07, 6.45) is 2.98.